The maximum atomic E-state index is 10.9. The SMILES string of the molecule is CCc1nc2sc([C@@H](c3cccs3)N3C[C@H](C)C[C@H](C)C3)c(O)n2n1. The predicted octanol–water partition coefficient (Wildman–Crippen LogP) is 4.19. The van der Waals surface area contributed by atoms with Crippen molar-refractivity contribution in [3.05, 3.63) is 33.1 Å². The van der Waals surface area contributed by atoms with Crippen molar-refractivity contribution >= 4 is 27.6 Å². The Morgan fingerprint density at radius 1 is 1.32 bits per heavy atom. The van der Waals surface area contributed by atoms with Crippen molar-refractivity contribution in [3.63, 3.8) is 0 Å². The van der Waals surface area contributed by atoms with E-state index in [1.807, 2.05) is 6.92 Å². The van der Waals surface area contributed by atoms with Gasteiger partial charge in [0.15, 0.2) is 5.82 Å². The molecule has 3 aromatic heterocycles. The highest BCUT2D eigenvalue weighted by Crippen LogP contribution is 2.43. The predicted molar refractivity (Wildman–Crippen MR) is 103 cm³/mol. The molecule has 0 spiro atoms. The van der Waals surface area contributed by atoms with E-state index >= 15 is 0 Å². The Bertz CT molecular complexity index is 844. The largest absolute Gasteiger partial charge is 0.492 e. The first-order valence-electron chi connectivity index (χ1n) is 8.91. The van der Waals surface area contributed by atoms with E-state index in [1.165, 1.54) is 11.3 Å². The second-order valence-electron chi connectivity index (χ2n) is 7.18. The molecule has 0 amide bonds. The summed E-state index contributed by atoms with van der Waals surface area (Å²) in [5.74, 6) is 2.36. The molecule has 1 aliphatic heterocycles. The fourth-order valence-corrected chi connectivity index (χ4v) is 6.03. The quantitative estimate of drug-likeness (QED) is 0.742. The summed E-state index contributed by atoms with van der Waals surface area (Å²) in [7, 11) is 0. The third kappa shape index (κ3) is 3.09. The first kappa shape index (κ1) is 17.0. The van der Waals surface area contributed by atoms with Crippen LogP contribution in [0.15, 0.2) is 17.5 Å². The lowest BCUT2D eigenvalue weighted by Crippen LogP contribution is -2.41. The van der Waals surface area contributed by atoms with E-state index in [0.717, 1.165) is 35.2 Å². The first-order valence-corrected chi connectivity index (χ1v) is 10.6. The molecule has 1 aliphatic rings. The number of hydrogen-bond acceptors (Lipinski definition) is 6. The monoisotopic (exact) mass is 376 g/mol. The summed E-state index contributed by atoms with van der Waals surface area (Å²) >= 11 is 3.32. The van der Waals surface area contributed by atoms with E-state index < -0.39 is 0 Å². The van der Waals surface area contributed by atoms with Gasteiger partial charge in [0, 0.05) is 24.4 Å². The van der Waals surface area contributed by atoms with Gasteiger partial charge in [-0.15, -0.1) is 16.4 Å². The molecular weight excluding hydrogens is 352 g/mol. The van der Waals surface area contributed by atoms with Gasteiger partial charge < -0.3 is 5.11 Å². The van der Waals surface area contributed by atoms with E-state index in [-0.39, 0.29) is 11.9 Å². The van der Waals surface area contributed by atoms with Crippen LogP contribution >= 0.6 is 22.7 Å². The number of aromatic nitrogens is 3. The molecule has 7 heteroatoms. The first-order chi connectivity index (χ1) is 12.1. The summed E-state index contributed by atoms with van der Waals surface area (Å²) in [6.07, 6.45) is 2.05. The smallest absolute Gasteiger partial charge is 0.230 e. The van der Waals surface area contributed by atoms with Crippen molar-refractivity contribution in [1.82, 2.24) is 19.5 Å². The van der Waals surface area contributed by atoms with E-state index in [9.17, 15) is 5.11 Å². The molecule has 25 heavy (non-hydrogen) atoms. The zero-order chi connectivity index (χ0) is 17.6. The van der Waals surface area contributed by atoms with Gasteiger partial charge in [0.05, 0.1) is 10.9 Å². The van der Waals surface area contributed by atoms with Gasteiger partial charge in [-0.1, -0.05) is 38.2 Å². The normalized spacial score (nSPS) is 23.3. The van der Waals surface area contributed by atoms with Gasteiger partial charge in [0.1, 0.15) is 0 Å². The summed E-state index contributed by atoms with van der Waals surface area (Å²) < 4.78 is 1.61. The van der Waals surface area contributed by atoms with Gasteiger partial charge in [-0.05, 0) is 29.7 Å². The maximum Gasteiger partial charge on any atom is 0.230 e. The Hall–Kier alpha value is -1.44. The Balaban J connectivity index is 1.78. The molecule has 1 fully saturated rings. The highest BCUT2D eigenvalue weighted by atomic mass is 32.1. The van der Waals surface area contributed by atoms with Crippen molar-refractivity contribution < 1.29 is 5.11 Å². The van der Waals surface area contributed by atoms with Crippen molar-refractivity contribution in [1.29, 1.82) is 0 Å². The summed E-state index contributed by atoms with van der Waals surface area (Å²) in [6, 6.07) is 4.35. The van der Waals surface area contributed by atoms with Crippen LogP contribution in [0.5, 0.6) is 5.88 Å². The number of rotatable bonds is 4. The molecule has 0 bridgehead atoms. The van der Waals surface area contributed by atoms with Crippen LogP contribution < -0.4 is 0 Å². The number of nitrogens with zero attached hydrogens (tertiary/aromatic N) is 4. The molecule has 0 unspecified atom stereocenters. The van der Waals surface area contributed by atoms with Crippen LogP contribution in [0.3, 0.4) is 0 Å². The molecule has 0 radical (unpaired) electrons. The fraction of sp³-hybridized carbons (Fsp3) is 0.556. The topological polar surface area (TPSA) is 53.7 Å². The van der Waals surface area contributed by atoms with E-state index in [1.54, 1.807) is 27.2 Å². The Morgan fingerprint density at radius 2 is 2.08 bits per heavy atom. The summed E-state index contributed by atoms with van der Waals surface area (Å²) in [6.45, 7) is 8.79. The standard InChI is InChI=1S/C18H24N4OS2/c1-4-14-19-18-22(20-14)17(23)16(25-18)15(13-6-5-7-24-13)21-9-11(2)8-12(3)10-21/h5-7,11-12,15,23H,4,8-10H2,1-3H3/t11-,12+,15-/m1/s1. The lowest BCUT2D eigenvalue weighted by molar-refractivity contribution is 0.113. The second-order valence-corrected chi connectivity index (χ2v) is 9.17. The lowest BCUT2D eigenvalue weighted by Gasteiger charge is -2.39. The minimum absolute atomic E-state index is 0.0868. The minimum Gasteiger partial charge on any atom is -0.492 e. The zero-order valence-electron chi connectivity index (χ0n) is 14.8. The van der Waals surface area contributed by atoms with Crippen molar-refractivity contribution in [3.8, 4) is 5.88 Å². The average Bonchev–Trinajstić information content (AvgIpc) is 3.27. The molecule has 4 heterocycles. The summed E-state index contributed by atoms with van der Waals surface area (Å²) in [5.41, 5.74) is 0. The number of fused-ring (bicyclic) bond motifs is 1. The lowest BCUT2D eigenvalue weighted by atomic mass is 9.90. The van der Waals surface area contributed by atoms with Gasteiger partial charge in [0.2, 0.25) is 10.8 Å². The van der Waals surface area contributed by atoms with E-state index in [4.69, 9.17) is 0 Å². The molecule has 3 aromatic rings. The Kier molecular flexibility index (Phi) is 4.56. The molecule has 0 aromatic carbocycles. The highest BCUT2D eigenvalue weighted by molar-refractivity contribution is 7.17. The van der Waals surface area contributed by atoms with Crippen LogP contribution in [0, 0.1) is 11.8 Å². The van der Waals surface area contributed by atoms with Crippen molar-refractivity contribution in [2.75, 3.05) is 13.1 Å². The molecule has 1 saturated heterocycles. The number of hydrogen-bond donors (Lipinski definition) is 1. The van der Waals surface area contributed by atoms with Crippen molar-refractivity contribution in [2.24, 2.45) is 11.8 Å². The van der Waals surface area contributed by atoms with Crippen LogP contribution in [-0.4, -0.2) is 37.7 Å². The van der Waals surface area contributed by atoms with Gasteiger partial charge in [-0.25, -0.2) is 4.98 Å². The van der Waals surface area contributed by atoms with Crippen LogP contribution in [0.4, 0.5) is 0 Å². The summed E-state index contributed by atoms with van der Waals surface area (Å²) in [5, 5.41) is 17.4. The van der Waals surface area contributed by atoms with E-state index in [0.29, 0.717) is 11.8 Å². The average molecular weight is 377 g/mol. The Labute approximate surface area is 155 Å². The van der Waals surface area contributed by atoms with Gasteiger partial charge in [0.25, 0.3) is 0 Å². The maximum absolute atomic E-state index is 10.9. The highest BCUT2D eigenvalue weighted by Gasteiger charge is 2.34. The van der Waals surface area contributed by atoms with Gasteiger partial charge >= 0.3 is 0 Å². The van der Waals surface area contributed by atoms with Crippen LogP contribution in [-0.2, 0) is 6.42 Å². The Morgan fingerprint density at radius 3 is 2.68 bits per heavy atom. The molecule has 134 valence electrons. The molecule has 5 nitrogen and oxygen atoms in total. The van der Waals surface area contributed by atoms with Crippen LogP contribution in [0.1, 0.15) is 48.8 Å². The number of aryl methyl sites for hydroxylation is 1. The second kappa shape index (κ2) is 6.70. The van der Waals surface area contributed by atoms with E-state index in [2.05, 4.69) is 46.3 Å². The number of thiophene rings is 1. The number of piperidine rings is 1. The third-order valence-electron chi connectivity index (χ3n) is 4.88. The molecular formula is C18H24N4OS2. The van der Waals surface area contributed by atoms with Crippen molar-refractivity contribution in [2.45, 2.75) is 39.7 Å². The zero-order valence-corrected chi connectivity index (χ0v) is 16.5. The fourth-order valence-electron chi connectivity index (χ4n) is 3.96. The molecule has 1 N–H and O–H groups in total. The summed E-state index contributed by atoms with van der Waals surface area (Å²) in [4.78, 5) is 10.1. The third-order valence-corrected chi connectivity index (χ3v) is 6.88. The van der Waals surface area contributed by atoms with Gasteiger partial charge in [-0.3, -0.25) is 4.90 Å². The molecule has 0 saturated carbocycles. The number of aromatic hydroxyl groups is 1. The number of thiazole rings is 1. The molecule has 3 atom stereocenters. The molecule has 0 aliphatic carbocycles. The van der Waals surface area contributed by atoms with Crippen LogP contribution in [0.2, 0.25) is 0 Å². The minimum atomic E-state index is 0.0868. The number of likely N-dealkylation sites (tertiary alicyclic amines) is 1. The molecule has 4 rings (SSSR count). The van der Waals surface area contributed by atoms with Gasteiger partial charge in [-0.2, -0.15) is 4.52 Å². The van der Waals surface area contributed by atoms with Crippen LogP contribution in [0.25, 0.3) is 4.96 Å².